The van der Waals surface area contributed by atoms with Crippen LogP contribution in [0.25, 0.3) is 0 Å². The highest BCUT2D eigenvalue weighted by atomic mass is 16.6. The van der Waals surface area contributed by atoms with Crippen molar-refractivity contribution in [1.29, 1.82) is 0 Å². The van der Waals surface area contributed by atoms with E-state index in [9.17, 15) is 14.4 Å². The van der Waals surface area contributed by atoms with E-state index < -0.39 is 17.5 Å². The van der Waals surface area contributed by atoms with Gasteiger partial charge in [0.15, 0.2) is 0 Å². The highest BCUT2D eigenvalue weighted by molar-refractivity contribution is 5.95. The van der Waals surface area contributed by atoms with Gasteiger partial charge >= 0.3 is 18.0 Å². The molecule has 8 nitrogen and oxygen atoms in total. The Hall–Kier alpha value is -2.61. The number of aryl methyl sites for hydroxylation is 1. The molecular formula is C29H42N2O6. The number of piperidine rings is 3. The van der Waals surface area contributed by atoms with Crippen LogP contribution >= 0.6 is 0 Å². The molecule has 0 aromatic heterocycles. The van der Waals surface area contributed by atoms with Gasteiger partial charge in [-0.1, -0.05) is 12.1 Å². The maximum atomic E-state index is 13.3. The molecule has 3 saturated heterocycles. The van der Waals surface area contributed by atoms with E-state index in [4.69, 9.17) is 14.2 Å². The molecule has 1 amide bonds. The molecule has 4 rings (SSSR count). The summed E-state index contributed by atoms with van der Waals surface area (Å²) in [6.45, 7) is 10.5. The number of likely N-dealkylation sites (tertiary alicyclic amines) is 1. The monoisotopic (exact) mass is 514 g/mol. The van der Waals surface area contributed by atoms with E-state index in [1.54, 1.807) is 25.1 Å². The van der Waals surface area contributed by atoms with Gasteiger partial charge in [0.25, 0.3) is 0 Å². The molecule has 4 atom stereocenters. The minimum Gasteiger partial charge on any atom is -0.465 e. The third-order valence-corrected chi connectivity index (χ3v) is 8.03. The standard InChI is InChI=1S/C29H42N2O6/c1-19-10-6-14-23(25(19)27(33)35-5)36-24(32)15-7-13-22-21-12-9-17-30-16-8-11-20(26(21)30)18-31(22)28(34)37-29(2,3)4/h6,10,14,20-22,26H,7-9,11-13,15-18H2,1-5H3. The zero-order valence-corrected chi connectivity index (χ0v) is 23.0. The van der Waals surface area contributed by atoms with Gasteiger partial charge in [-0.25, -0.2) is 9.59 Å². The number of rotatable bonds is 6. The molecule has 0 bridgehead atoms. The van der Waals surface area contributed by atoms with E-state index in [2.05, 4.69) is 4.90 Å². The third-order valence-electron chi connectivity index (χ3n) is 8.03. The van der Waals surface area contributed by atoms with E-state index in [0.29, 0.717) is 42.8 Å². The Morgan fingerprint density at radius 3 is 2.51 bits per heavy atom. The van der Waals surface area contributed by atoms with E-state index in [0.717, 1.165) is 32.4 Å². The first kappa shape index (κ1) is 27.4. The van der Waals surface area contributed by atoms with Gasteiger partial charge in [0.2, 0.25) is 0 Å². The lowest BCUT2D eigenvalue weighted by atomic mass is 9.69. The van der Waals surface area contributed by atoms with Crippen LogP contribution in [-0.4, -0.2) is 72.3 Å². The van der Waals surface area contributed by atoms with Gasteiger partial charge < -0.3 is 19.1 Å². The summed E-state index contributed by atoms with van der Waals surface area (Å²) in [5, 5.41) is 0. The summed E-state index contributed by atoms with van der Waals surface area (Å²) in [4.78, 5) is 42.9. The Balaban J connectivity index is 1.45. The van der Waals surface area contributed by atoms with Gasteiger partial charge in [0, 0.05) is 25.0 Å². The normalized spacial score (nSPS) is 25.7. The summed E-state index contributed by atoms with van der Waals surface area (Å²) in [5.74, 6) is 0.166. The molecule has 0 N–H and O–H groups in total. The number of esters is 2. The molecule has 3 aliphatic heterocycles. The molecule has 3 heterocycles. The Labute approximate surface area is 220 Å². The number of hydrogen-bond acceptors (Lipinski definition) is 7. The van der Waals surface area contributed by atoms with E-state index in [1.807, 2.05) is 25.7 Å². The van der Waals surface area contributed by atoms with Gasteiger partial charge in [-0.05, 0) is 103 Å². The summed E-state index contributed by atoms with van der Waals surface area (Å²) in [6, 6.07) is 5.69. The molecule has 3 fully saturated rings. The van der Waals surface area contributed by atoms with Crippen molar-refractivity contribution >= 4 is 18.0 Å². The number of ether oxygens (including phenoxy) is 3. The average Bonchev–Trinajstić information content (AvgIpc) is 2.84. The van der Waals surface area contributed by atoms with Gasteiger partial charge in [0.1, 0.15) is 16.9 Å². The fourth-order valence-electron chi connectivity index (χ4n) is 6.61. The molecule has 3 aliphatic rings. The van der Waals surface area contributed by atoms with Crippen molar-refractivity contribution in [3.05, 3.63) is 29.3 Å². The molecule has 0 spiro atoms. The Morgan fingerprint density at radius 2 is 1.81 bits per heavy atom. The number of benzene rings is 1. The largest absolute Gasteiger partial charge is 0.465 e. The number of carbonyl (C=O) groups is 3. The van der Waals surface area contributed by atoms with Crippen LogP contribution in [0.2, 0.25) is 0 Å². The lowest BCUT2D eigenvalue weighted by molar-refractivity contribution is -0.134. The molecule has 1 aromatic rings. The minimum atomic E-state index is -0.557. The van der Waals surface area contributed by atoms with E-state index >= 15 is 0 Å². The average molecular weight is 515 g/mol. The lowest BCUT2D eigenvalue weighted by Gasteiger charge is -2.57. The van der Waals surface area contributed by atoms with Crippen molar-refractivity contribution in [1.82, 2.24) is 9.80 Å². The van der Waals surface area contributed by atoms with Gasteiger partial charge in [-0.15, -0.1) is 0 Å². The Kier molecular flexibility index (Phi) is 8.46. The zero-order valence-electron chi connectivity index (χ0n) is 23.0. The van der Waals surface area contributed by atoms with Crippen LogP contribution in [0, 0.1) is 18.8 Å². The number of hydrogen-bond donors (Lipinski definition) is 0. The lowest BCUT2D eigenvalue weighted by Crippen LogP contribution is -2.65. The minimum absolute atomic E-state index is 0.0365. The van der Waals surface area contributed by atoms with Crippen LogP contribution in [0.1, 0.15) is 81.6 Å². The van der Waals surface area contributed by atoms with Crippen molar-refractivity contribution in [3.8, 4) is 5.75 Å². The van der Waals surface area contributed by atoms with Crippen LogP contribution in [0.15, 0.2) is 18.2 Å². The first-order valence-corrected chi connectivity index (χ1v) is 13.7. The molecule has 0 radical (unpaired) electrons. The molecule has 4 unspecified atom stereocenters. The highest BCUT2D eigenvalue weighted by Crippen LogP contribution is 2.43. The maximum absolute atomic E-state index is 13.3. The molecular weight excluding hydrogens is 472 g/mol. The van der Waals surface area contributed by atoms with E-state index in [-0.39, 0.29) is 29.9 Å². The van der Waals surface area contributed by atoms with Gasteiger partial charge in [-0.2, -0.15) is 0 Å². The summed E-state index contributed by atoms with van der Waals surface area (Å²) >= 11 is 0. The maximum Gasteiger partial charge on any atom is 0.410 e. The van der Waals surface area contributed by atoms with Crippen molar-refractivity contribution in [2.75, 3.05) is 26.7 Å². The number of nitrogens with zero attached hydrogens (tertiary/aromatic N) is 2. The van der Waals surface area contributed by atoms with Crippen molar-refractivity contribution < 1.29 is 28.6 Å². The quantitative estimate of drug-likeness (QED) is 0.391. The second kappa shape index (κ2) is 11.4. The molecule has 8 heteroatoms. The van der Waals surface area contributed by atoms with Gasteiger partial charge in [-0.3, -0.25) is 9.69 Å². The van der Waals surface area contributed by atoms with Gasteiger partial charge in [0.05, 0.1) is 7.11 Å². The summed E-state index contributed by atoms with van der Waals surface area (Å²) in [7, 11) is 1.31. The molecule has 0 saturated carbocycles. The predicted octanol–water partition coefficient (Wildman–Crippen LogP) is 4.97. The molecule has 0 aliphatic carbocycles. The number of methoxy groups -OCH3 is 1. The zero-order chi connectivity index (χ0) is 26.7. The van der Waals surface area contributed by atoms with Crippen LogP contribution in [0.3, 0.4) is 0 Å². The third kappa shape index (κ3) is 6.28. The number of amides is 1. The van der Waals surface area contributed by atoms with Crippen LogP contribution in [-0.2, 0) is 14.3 Å². The van der Waals surface area contributed by atoms with Crippen LogP contribution in [0.4, 0.5) is 4.79 Å². The Bertz CT molecular complexity index is 1000. The Morgan fingerprint density at radius 1 is 1.08 bits per heavy atom. The van der Waals surface area contributed by atoms with Crippen molar-refractivity contribution in [2.24, 2.45) is 11.8 Å². The predicted molar refractivity (Wildman–Crippen MR) is 140 cm³/mol. The number of carbonyl (C=O) groups excluding carboxylic acids is 3. The molecule has 204 valence electrons. The summed E-state index contributed by atoms with van der Waals surface area (Å²) in [6.07, 6.45) is 5.83. The topological polar surface area (TPSA) is 85.4 Å². The van der Waals surface area contributed by atoms with Crippen molar-refractivity contribution in [3.63, 3.8) is 0 Å². The smallest absolute Gasteiger partial charge is 0.410 e. The summed E-state index contributed by atoms with van der Waals surface area (Å²) < 4.78 is 16.3. The second-order valence-electron chi connectivity index (χ2n) is 11.7. The van der Waals surface area contributed by atoms with E-state index in [1.165, 1.54) is 13.5 Å². The first-order chi connectivity index (χ1) is 17.6. The SMILES string of the molecule is COC(=O)c1c(C)cccc1OC(=O)CCCC1C2CCCN3CCCC(CN1C(=O)OC(C)(C)C)C23. The fraction of sp³-hybridized carbons (Fsp3) is 0.690. The molecule has 1 aromatic carbocycles. The fourth-order valence-corrected chi connectivity index (χ4v) is 6.61. The first-order valence-electron chi connectivity index (χ1n) is 13.7. The summed E-state index contributed by atoms with van der Waals surface area (Å²) in [5.41, 5.74) is 0.405. The van der Waals surface area contributed by atoms with Crippen LogP contribution < -0.4 is 4.74 Å². The van der Waals surface area contributed by atoms with Crippen molar-refractivity contribution in [2.45, 2.75) is 90.3 Å². The highest BCUT2D eigenvalue weighted by Gasteiger charge is 2.50. The second-order valence-corrected chi connectivity index (χ2v) is 11.7. The van der Waals surface area contributed by atoms with Crippen LogP contribution in [0.5, 0.6) is 5.75 Å². The molecule has 37 heavy (non-hydrogen) atoms.